The number of carbonyl (C=O) groups is 2. The van der Waals surface area contributed by atoms with Gasteiger partial charge in [-0.15, -0.1) is 0 Å². The minimum Gasteiger partial charge on any atom is -0.507 e. The summed E-state index contributed by atoms with van der Waals surface area (Å²) in [6, 6.07) is 6.15. The van der Waals surface area contributed by atoms with E-state index in [9.17, 15) is 14.7 Å². The van der Waals surface area contributed by atoms with Crippen LogP contribution in [0.15, 0.2) is 24.3 Å². The van der Waals surface area contributed by atoms with Gasteiger partial charge in [-0.2, -0.15) is 0 Å². The summed E-state index contributed by atoms with van der Waals surface area (Å²) in [6.45, 7) is 0. The van der Waals surface area contributed by atoms with Crippen molar-refractivity contribution >= 4 is 11.8 Å². The molecule has 0 spiro atoms. The van der Waals surface area contributed by atoms with Crippen LogP contribution in [0.4, 0.5) is 0 Å². The molecule has 90 valence electrons. The van der Waals surface area contributed by atoms with Gasteiger partial charge in [0.2, 0.25) is 0 Å². The standard InChI is InChI=1S/C13H14O4/c14-10-6-2-1-5-9(10)13(16)17-12-8-4-3-7-11(12)15/h1-2,5-6,12,14H,3-4,7-8H2/t12-/m0/s1. The van der Waals surface area contributed by atoms with Gasteiger partial charge in [-0.1, -0.05) is 12.1 Å². The van der Waals surface area contributed by atoms with Gasteiger partial charge >= 0.3 is 5.97 Å². The van der Waals surface area contributed by atoms with Crippen molar-refractivity contribution in [3.63, 3.8) is 0 Å². The molecule has 4 nitrogen and oxygen atoms in total. The molecule has 0 aromatic heterocycles. The number of hydrogen-bond acceptors (Lipinski definition) is 4. The van der Waals surface area contributed by atoms with Gasteiger partial charge < -0.3 is 9.84 Å². The Balaban J connectivity index is 2.06. The molecule has 0 heterocycles. The van der Waals surface area contributed by atoms with E-state index in [0.29, 0.717) is 12.8 Å². The van der Waals surface area contributed by atoms with E-state index >= 15 is 0 Å². The molecule has 4 heteroatoms. The van der Waals surface area contributed by atoms with Crippen molar-refractivity contribution in [1.29, 1.82) is 0 Å². The van der Waals surface area contributed by atoms with Gasteiger partial charge in [-0.3, -0.25) is 4.79 Å². The van der Waals surface area contributed by atoms with Crippen LogP contribution in [-0.2, 0) is 9.53 Å². The molecule has 2 rings (SSSR count). The largest absolute Gasteiger partial charge is 0.507 e. The number of rotatable bonds is 2. The zero-order chi connectivity index (χ0) is 12.3. The van der Waals surface area contributed by atoms with E-state index in [1.807, 2.05) is 0 Å². The number of phenols is 1. The van der Waals surface area contributed by atoms with E-state index in [1.165, 1.54) is 12.1 Å². The SMILES string of the molecule is O=C(O[C@H]1CCCCC1=O)c1ccccc1O. The third kappa shape index (κ3) is 2.64. The van der Waals surface area contributed by atoms with Crippen molar-refractivity contribution in [3.8, 4) is 5.75 Å². The first kappa shape index (κ1) is 11.6. The van der Waals surface area contributed by atoms with Gasteiger partial charge in [-0.25, -0.2) is 4.79 Å². The Kier molecular flexibility index (Phi) is 3.42. The van der Waals surface area contributed by atoms with Crippen LogP contribution < -0.4 is 0 Å². The average Bonchev–Trinajstić information content (AvgIpc) is 2.32. The van der Waals surface area contributed by atoms with Gasteiger partial charge in [0.05, 0.1) is 0 Å². The maximum absolute atomic E-state index is 11.7. The number of ether oxygens (including phenoxy) is 1. The highest BCUT2D eigenvalue weighted by molar-refractivity contribution is 5.95. The molecule has 1 aromatic rings. The third-order valence-corrected chi connectivity index (χ3v) is 2.87. The van der Waals surface area contributed by atoms with Gasteiger partial charge in [0, 0.05) is 6.42 Å². The van der Waals surface area contributed by atoms with Crippen molar-refractivity contribution < 1.29 is 19.4 Å². The minimum atomic E-state index is -0.643. The van der Waals surface area contributed by atoms with Crippen LogP contribution in [-0.4, -0.2) is 23.0 Å². The highest BCUT2D eigenvalue weighted by Gasteiger charge is 2.26. The Hall–Kier alpha value is -1.84. The third-order valence-electron chi connectivity index (χ3n) is 2.87. The number of hydrogen-bond donors (Lipinski definition) is 1. The monoisotopic (exact) mass is 234 g/mol. The van der Waals surface area contributed by atoms with Gasteiger partial charge in [0.25, 0.3) is 0 Å². The second kappa shape index (κ2) is 4.99. The lowest BCUT2D eigenvalue weighted by atomic mass is 9.96. The second-order valence-corrected chi connectivity index (χ2v) is 4.12. The molecular formula is C13H14O4. The van der Waals surface area contributed by atoms with E-state index in [1.54, 1.807) is 12.1 Å². The fourth-order valence-electron chi connectivity index (χ4n) is 1.91. The molecule has 1 aromatic carbocycles. The Morgan fingerprint density at radius 1 is 1.29 bits per heavy atom. The predicted octanol–water partition coefficient (Wildman–Crippen LogP) is 2.06. The van der Waals surface area contributed by atoms with Crippen LogP contribution in [0, 0.1) is 0 Å². The lowest BCUT2D eigenvalue weighted by molar-refractivity contribution is -0.129. The van der Waals surface area contributed by atoms with Gasteiger partial charge in [-0.05, 0) is 31.4 Å². The Morgan fingerprint density at radius 3 is 2.76 bits per heavy atom. The number of para-hydroxylation sites is 1. The zero-order valence-electron chi connectivity index (χ0n) is 9.39. The van der Waals surface area contributed by atoms with Crippen LogP contribution >= 0.6 is 0 Å². The molecule has 17 heavy (non-hydrogen) atoms. The van der Waals surface area contributed by atoms with E-state index < -0.39 is 12.1 Å². The number of carbonyl (C=O) groups excluding carboxylic acids is 2. The molecule has 0 radical (unpaired) electrons. The number of phenolic OH excluding ortho intramolecular Hbond substituents is 1. The van der Waals surface area contributed by atoms with E-state index in [2.05, 4.69) is 0 Å². The molecule has 0 unspecified atom stereocenters. The van der Waals surface area contributed by atoms with Crippen LogP contribution in [0.1, 0.15) is 36.0 Å². The smallest absolute Gasteiger partial charge is 0.342 e. The summed E-state index contributed by atoms with van der Waals surface area (Å²) in [6.07, 6.45) is 2.17. The average molecular weight is 234 g/mol. The fourth-order valence-corrected chi connectivity index (χ4v) is 1.91. The van der Waals surface area contributed by atoms with E-state index in [4.69, 9.17) is 4.74 Å². The number of Topliss-reactive ketones (excluding diaryl/α,β-unsaturated/α-hetero) is 1. The normalized spacial score (nSPS) is 20.0. The topological polar surface area (TPSA) is 63.6 Å². The second-order valence-electron chi connectivity index (χ2n) is 4.12. The van der Waals surface area contributed by atoms with Crippen LogP contribution in [0.25, 0.3) is 0 Å². The molecule has 0 saturated heterocycles. The molecule has 0 amide bonds. The first-order valence-electron chi connectivity index (χ1n) is 5.70. The first-order chi connectivity index (χ1) is 8.18. The summed E-state index contributed by atoms with van der Waals surface area (Å²) >= 11 is 0. The maximum atomic E-state index is 11.7. The van der Waals surface area contributed by atoms with Crippen LogP contribution in [0.5, 0.6) is 5.75 Å². The molecule has 1 aliphatic carbocycles. The molecule has 1 aliphatic rings. The number of ketones is 1. The molecule has 1 fully saturated rings. The Labute approximate surface area is 99.2 Å². The molecule has 0 bridgehead atoms. The van der Waals surface area contributed by atoms with Crippen molar-refractivity contribution in [1.82, 2.24) is 0 Å². The molecule has 1 saturated carbocycles. The van der Waals surface area contributed by atoms with Crippen molar-refractivity contribution in [2.45, 2.75) is 31.8 Å². The summed E-state index contributed by atoms with van der Waals surface area (Å²) in [5, 5.41) is 9.49. The maximum Gasteiger partial charge on any atom is 0.342 e. The van der Waals surface area contributed by atoms with Gasteiger partial charge in [0.15, 0.2) is 11.9 Å². The summed E-state index contributed by atoms with van der Waals surface area (Å²) in [5.41, 5.74) is 0.103. The predicted molar refractivity (Wildman–Crippen MR) is 60.8 cm³/mol. The number of esters is 1. The summed E-state index contributed by atoms with van der Waals surface area (Å²) < 4.78 is 5.12. The molecule has 1 N–H and O–H groups in total. The van der Waals surface area contributed by atoms with Gasteiger partial charge in [0.1, 0.15) is 11.3 Å². The highest BCUT2D eigenvalue weighted by Crippen LogP contribution is 2.21. The summed E-state index contributed by atoms with van der Waals surface area (Å²) in [4.78, 5) is 23.3. The number of aromatic hydroxyl groups is 1. The lowest BCUT2D eigenvalue weighted by Crippen LogP contribution is -2.30. The first-order valence-corrected chi connectivity index (χ1v) is 5.70. The van der Waals surface area contributed by atoms with Crippen LogP contribution in [0.3, 0.4) is 0 Å². The fraction of sp³-hybridized carbons (Fsp3) is 0.385. The lowest BCUT2D eigenvalue weighted by Gasteiger charge is -2.20. The van der Waals surface area contributed by atoms with Crippen molar-refractivity contribution in [2.24, 2.45) is 0 Å². The van der Waals surface area contributed by atoms with E-state index in [0.717, 1.165) is 12.8 Å². The zero-order valence-corrected chi connectivity index (χ0v) is 9.39. The molecule has 0 aliphatic heterocycles. The minimum absolute atomic E-state index is 0.0278. The van der Waals surface area contributed by atoms with Crippen molar-refractivity contribution in [2.75, 3.05) is 0 Å². The van der Waals surface area contributed by atoms with Crippen molar-refractivity contribution in [3.05, 3.63) is 29.8 Å². The number of benzene rings is 1. The van der Waals surface area contributed by atoms with Crippen LogP contribution in [0.2, 0.25) is 0 Å². The molecular weight excluding hydrogens is 220 g/mol. The summed E-state index contributed by atoms with van der Waals surface area (Å²) in [5.74, 6) is -0.788. The molecule has 1 atom stereocenters. The highest BCUT2D eigenvalue weighted by atomic mass is 16.5. The quantitative estimate of drug-likeness (QED) is 0.795. The Bertz CT molecular complexity index is 439. The Morgan fingerprint density at radius 2 is 2.06 bits per heavy atom. The van der Waals surface area contributed by atoms with E-state index in [-0.39, 0.29) is 17.1 Å². The summed E-state index contributed by atoms with van der Waals surface area (Å²) in [7, 11) is 0.